The van der Waals surface area contributed by atoms with E-state index in [0.717, 1.165) is 25.7 Å². The molecule has 1 heterocycles. The molecule has 3 aromatic rings. The number of benzene rings is 2. The molecule has 0 amide bonds. The number of nitrogens with zero attached hydrogens (tertiary/aromatic N) is 1. The third kappa shape index (κ3) is 2.80. The second kappa shape index (κ2) is 6.42. The Morgan fingerprint density at radius 1 is 0.577 bits per heavy atom. The van der Waals surface area contributed by atoms with Gasteiger partial charge in [0, 0.05) is 0 Å². The summed E-state index contributed by atoms with van der Waals surface area (Å²) in [6.45, 7) is 0. The number of aryl methyl sites for hydroxylation is 2. The maximum absolute atomic E-state index is 5.15. The van der Waals surface area contributed by atoms with Crippen molar-refractivity contribution in [1.82, 2.24) is 4.98 Å². The molecule has 1 heteroatoms. The van der Waals surface area contributed by atoms with Crippen LogP contribution in [0.15, 0.2) is 66.7 Å². The summed E-state index contributed by atoms with van der Waals surface area (Å²) in [5.74, 6) is 0. The first-order chi connectivity index (χ1) is 12.9. The van der Waals surface area contributed by atoms with Crippen molar-refractivity contribution >= 4 is 23.3 Å². The third-order valence-corrected chi connectivity index (χ3v) is 5.40. The van der Waals surface area contributed by atoms with E-state index in [0.29, 0.717) is 0 Å². The lowest BCUT2D eigenvalue weighted by Crippen LogP contribution is -1.95. The Kier molecular flexibility index (Phi) is 3.79. The van der Waals surface area contributed by atoms with Gasteiger partial charge < -0.3 is 0 Å². The molecule has 0 saturated carbocycles. The lowest BCUT2D eigenvalue weighted by atomic mass is 10.1. The minimum absolute atomic E-state index is 1.10. The van der Waals surface area contributed by atoms with Crippen LogP contribution in [0, 0.1) is 0 Å². The van der Waals surface area contributed by atoms with Crippen molar-refractivity contribution in [2.45, 2.75) is 25.7 Å². The van der Waals surface area contributed by atoms with E-state index in [-0.39, 0.29) is 0 Å². The molecular formula is C25H21N. The average Bonchev–Trinajstić information content (AvgIpc) is 3.26. The van der Waals surface area contributed by atoms with Crippen LogP contribution in [0.5, 0.6) is 0 Å². The molecule has 0 radical (unpaired) electrons. The van der Waals surface area contributed by atoms with Crippen LogP contribution in [0.3, 0.4) is 0 Å². The molecule has 5 rings (SSSR count). The first-order valence-electron chi connectivity index (χ1n) is 9.41. The molecule has 2 aromatic carbocycles. The zero-order valence-electron chi connectivity index (χ0n) is 14.8. The van der Waals surface area contributed by atoms with Gasteiger partial charge in [0.2, 0.25) is 0 Å². The molecule has 1 nitrogen and oxygen atoms in total. The molecule has 0 aliphatic heterocycles. The largest absolute Gasteiger partial charge is 0.248 e. The van der Waals surface area contributed by atoms with Crippen LogP contribution in [-0.2, 0) is 12.8 Å². The summed E-state index contributed by atoms with van der Waals surface area (Å²) >= 11 is 0. The number of pyridine rings is 1. The van der Waals surface area contributed by atoms with E-state index in [1.807, 2.05) is 0 Å². The predicted molar refractivity (Wildman–Crippen MR) is 110 cm³/mol. The molecule has 0 N–H and O–H groups in total. The summed E-state index contributed by atoms with van der Waals surface area (Å²) in [5, 5.41) is 0. The topological polar surface area (TPSA) is 12.9 Å². The monoisotopic (exact) mass is 335 g/mol. The van der Waals surface area contributed by atoms with Gasteiger partial charge in [-0.05, 0) is 71.2 Å². The van der Waals surface area contributed by atoms with E-state index in [1.54, 1.807) is 0 Å². The summed E-state index contributed by atoms with van der Waals surface area (Å²) in [6, 6.07) is 23.6. The van der Waals surface area contributed by atoms with Crippen molar-refractivity contribution in [2.75, 3.05) is 0 Å². The predicted octanol–water partition coefficient (Wildman–Crippen LogP) is 6.06. The van der Waals surface area contributed by atoms with Gasteiger partial charge in [-0.2, -0.15) is 0 Å². The first kappa shape index (κ1) is 15.3. The van der Waals surface area contributed by atoms with E-state index in [4.69, 9.17) is 4.98 Å². The van der Waals surface area contributed by atoms with E-state index in [1.165, 1.54) is 44.8 Å². The molecule has 1 aromatic heterocycles. The molecule has 26 heavy (non-hydrogen) atoms. The molecule has 0 bridgehead atoms. The minimum atomic E-state index is 1.10. The first-order valence-corrected chi connectivity index (χ1v) is 9.41. The summed E-state index contributed by atoms with van der Waals surface area (Å²) < 4.78 is 0. The van der Waals surface area contributed by atoms with Crippen LogP contribution in [0.25, 0.3) is 23.3 Å². The zero-order chi connectivity index (χ0) is 17.3. The van der Waals surface area contributed by atoms with E-state index >= 15 is 0 Å². The Labute approximate surface area is 154 Å². The highest BCUT2D eigenvalue weighted by Gasteiger charge is 2.25. The zero-order valence-corrected chi connectivity index (χ0v) is 14.8. The number of hydrogen-bond donors (Lipinski definition) is 0. The number of aromatic nitrogens is 1. The highest BCUT2D eigenvalue weighted by Crippen LogP contribution is 2.39. The van der Waals surface area contributed by atoms with Gasteiger partial charge in [-0.1, -0.05) is 66.7 Å². The van der Waals surface area contributed by atoms with E-state index in [2.05, 4.69) is 78.9 Å². The Morgan fingerprint density at radius 3 is 1.50 bits per heavy atom. The summed E-state index contributed by atoms with van der Waals surface area (Å²) in [7, 11) is 0. The van der Waals surface area contributed by atoms with Crippen molar-refractivity contribution in [3.05, 3.63) is 100 Å². The maximum Gasteiger partial charge on any atom is 0.0701 e. The van der Waals surface area contributed by atoms with Crippen LogP contribution in [-0.4, -0.2) is 4.98 Å². The summed E-state index contributed by atoms with van der Waals surface area (Å²) in [6.07, 6.45) is 9.04. The maximum atomic E-state index is 5.15. The number of rotatable bonds is 2. The Balaban J connectivity index is 1.56. The van der Waals surface area contributed by atoms with Crippen LogP contribution < -0.4 is 0 Å². The lowest BCUT2D eigenvalue weighted by molar-refractivity contribution is 1.04. The van der Waals surface area contributed by atoms with Crippen molar-refractivity contribution in [1.29, 1.82) is 0 Å². The molecule has 2 aliphatic rings. The molecular weight excluding hydrogens is 314 g/mol. The molecule has 0 saturated heterocycles. The number of hydrogen-bond acceptors (Lipinski definition) is 1. The molecule has 2 aliphatic carbocycles. The van der Waals surface area contributed by atoms with Gasteiger partial charge in [0.15, 0.2) is 0 Å². The van der Waals surface area contributed by atoms with Crippen molar-refractivity contribution in [2.24, 2.45) is 0 Å². The molecule has 0 unspecified atom stereocenters. The fourth-order valence-corrected chi connectivity index (χ4v) is 4.10. The number of allylic oxidation sites excluding steroid dienone is 2. The van der Waals surface area contributed by atoms with Gasteiger partial charge >= 0.3 is 0 Å². The van der Waals surface area contributed by atoms with E-state index < -0.39 is 0 Å². The molecule has 126 valence electrons. The average molecular weight is 335 g/mol. The fourth-order valence-electron chi connectivity index (χ4n) is 4.10. The van der Waals surface area contributed by atoms with E-state index in [9.17, 15) is 0 Å². The van der Waals surface area contributed by atoms with Gasteiger partial charge in [-0.3, -0.25) is 0 Å². The van der Waals surface area contributed by atoms with Crippen molar-refractivity contribution < 1.29 is 0 Å². The lowest BCUT2D eigenvalue weighted by Gasteiger charge is -2.07. The van der Waals surface area contributed by atoms with Crippen LogP contribution in [0.1, 0.15) is 46.5 Å². The standard InChI is InChI=1S/C25H21N/c1-3-7-18(8-4-1)15-20-11-13-22-17-23-14-12-21(25(23)26-24(20)22)16-19-9-5-2-6-10-19/h1-10,15-17H,11-14H2/b20-15+,21-16+. The second-order valence-electron chi connectivity index (χ2n) is 7.16. The van der Waals surface area contributed by atoms with Crippen LogP contribution >= 0.6 is 0 Å². The molecule has 0 fully saturated rings. The highest BCUT2D eigenvalue weighted by molar-refractivity contribution is 5.88. The molecule has 0 spiro atoms. The van der Waals surface area contributed by atoms with Gasteiger partial charge in [-0.15, -0.1) is 0 Å². The number of fused-ring (bicyclic) bond motifs is 2. The van der Waals surface area contributed by atoms with Gasteiger partial charge in [0.1, 0.15) is 0 Å². The van der Waals surface area contributed by atoms with Crippen molar-refractivity contribution in [3.63, 3.8) is 0 Å². The normalized spacial score (nSPS) is 18.3. The quantitative estimate of drug-likeness (QED) is 0.555. The fraction of sp³-hybridized carbons (Fsp3) is 0.160. The third-order valence-electron chi connectivity index (χ3n) is 5.40. The second-order valence-corrected chi connectivity index (χ2v) is 7.16. The Bertz CT molecular complexity index is 930. The Hall–Kier alpha value is -2.93. The van der Waals surface area contributed by atoms with Crippen LogP contribution in [0.2, 0.25) is 0 Å². The van der Waals surface area contributed by atoms with Crippen molar-refractivity contribution in [3.8, 4) is 0 Å². The van der Waals surface area contributed by atoms with Gasteiger partial charge in [-0.25, -0.2) is 4.98 Å². The van der Waals surface area contributed by atoms with Crippen LogP contribution in [0.4, 0.5) is 0 Å². The molecule has 0 atom stereocenters. The Morgan fingerprint density at radius 2 is 1.04 bits per heavy atom. The van der Waals surface area contributed by atoms with Gasteiger partial charge in [0.05, 0.1) is 11.4 Å². The minimum Gasteiger partial charge on any atom is -0.248 e. The highest BCUT2D eigenvalue weighted by atomic mass is 14.7. The van der Waals surface area contributed by atoms with Gasteiger partial charge in [0.25, 0.3) is 0 Å². The summed E-state index contributed by atoms with van der Waals surface area (Å²) in [5.41, 5.74) is 10.6. The SMILES string of the molecule is C(=C1/CCc2cc3c(nc21)/C(=C/c1ccccc1)CC3)/c1ccccc1. The smallest absolute Gasteiger partial charge is 0.0701 e. The summed E-state index contributed by atoms with van der Waals surface area (Å²) in [4.78, 5) is 5.15.